The summed E-state index contributed by atoms with van der Waals surface area (Å²) in [5.74, 6) is 0. The van der Waals surface area contributed by atoms with E-state index in [1.165, 1.54) is 31.3 Å². The Hall–Kier alpha value is -4.93. The standard InChI is InChI=1S/C35H22N2OS/c1-2-6-23(7-3-1)24-10-12-25(13-11-24)37(26-15-17-33-31(20-26)28-8-4-5-9-32(28)38-33)27-14-16-29-30-18-19-36-22-35(30)39-34(29)21-27/h1-22H. The number of furan rings is 1. The van der Waals surface area contributed by atoms with Gasteiger partial charge in [-0.2, -0.15) is 0 Å². The summed E-state index contributed by atoms with van der Waals surface area (Å²) >= 11 is 1.78. The van der Waals surface area contributed by atoms with Crippen LogP contribution < -0.4 is 4.90 Å². The lowest BCUT2D eigenvalue weighted by Gasteiger charge is -2.26. The molecular formula is C35H22N2OS. The highest BCUT2D eigenvalue weighted by Gasteiger charge is 2.17. The van der Waals surface area contributed by atoms with Gasteiger partial charge in [-0.1, -0.05) is 66.7 Å². The van der Waals surface area contributed by atoms with E-state index in [1.807, 2.05) is 24.5 Å². The predicted octanol–water partition coefficient (Wildman–Crippen LogP) is 10.5. The monoisotopic (exact) mass is 518 g/mol. The molecule has 0 spiro atoms. The molecule has 0 aliphatic rings. The van der Waals surface area contributed by atoms with Crippen molar-refractivity contribution in [1.29, 1.82) is 0 Å². The van der Waals surface area contributed by atoms with Gasteiger partial charge in [0.25, 0.3) is 0 Å². The Bertz CT molecular complexity index is 2120. The molecule has 0 N–H and O–H groups in total. The summed E-state index contributed by atoms with van der Waals surface area (Å²) in [6.07, 6.45) is 3.82. The lowest BCUT2D eigenvalue weighted by Crippen LogP contribution is -2.09. The van der Waals surface area contributed by atoms with E-state index in [0.29, 0.717) is 0 Å². The first-order chi connectivity index (χ1) is 19.3. The number of anilines is 3. The Morgan fingerprint density at radius 3 is 2.10 bits per heavy atom. The maximum Gasteiger partial charge on any atom is 0.135 e. The van der Waals surface area contributed by atoms with Crippen LogP contribution in [0.25, 0.3) is 53.2 Å². The normalized spacial score (nSPS) is 11.6. The maximum absolute atomic E-state index is 6.13. The van der Waals surface area contributed by atoms with Gasteiger partial charge < -0.3 is 9.32 Å². The molecule has 0 bridgehead atoms. The van der Waals surface area contributed by atoms with E-state index < -0.39 is 0 Å². The molecule has 4 heteroatoms. The number of fused-ring (bicyclic) bond motifs is 6. The van der Waals surface area contributed by atoms with Gasteiger partial charge in [-0.05, 0) is 65.7 Å². The summed E-state index contributed by atoms with van der Waals surface area (Å²) in [6.45, 7) is 0. The van der Waals surface area contributed by atoms with Crippen LogP contribution in [0, 0.1) is 0 Å². The van der Waals surface area contributed by atoms with Crippen LogP contribution in [0.15, 0.2) is 138 Å². The van der Waals surface area contributed by atoms with E-state index >= 15 is 0 Å². The molecule has 8 rings (SSSR count). The van der Waals surface area contributed by atoms with Crippen LogP contribution in [0.2, 0.25) is 0 Å². The maximum atomic E-state index is 6.13. The van der Waals surface area contributed by atoms with Crippen molar-refractivity contribution in [3.8, 4) is 11.1 Å². The average Bonchev–Trinajstić information content (AvgIpc) is 3.56. The molecule has 3 nitrogen and oxygen atoms in total. The number of para-hydroxylation sites is 1. The summed E-state index contributed by atoms with van der Waals surface area (Å²) < 4.78 is 8.58. The van der Waals surface area contributed by atoms with E-state index in [-0.39, 0.29) is 0 Å². The van der Waals surface area contributed by atoms with Crippen LogP contribution >= 0.6 is 11.3 Å². The molecule has 0 saturated carbocycles. The molecule has 0 radical (unpaired) electrons. The van der Waals surface area contributed by atoms with Crippen molar-refractivity contribution < 1.29 is 4.42 Å². The fourth-order valence-corrected chi connectivity index (χ4v) is 6.60. The molecule has 0 amide bonds. The Morgan fingerprint density at radius 1 is 0.513 bits per heavy atom. The van der Waals surface area contributed by atoms with E-state index in [9.17, 15) is 0 Å². The first-order valence-corrected chi connectivity index (χ1v) is 13.8. The minimum absolute atomic E-state index is 0.895. The number of hydrogen-bond acceptors (Lipinski definition) is 4. The predicted molar refractivity (Wildman–Crippen MR) is 165 cm³/mol. The highest BCUT2D eigenvalue weighted by Crippen LogP contribution is 2.42. The summed E-state index contributed by atoms with van der Waals surface area (Å²) in [4.78, 5) is 6.67. The molecule has 0 aliphatic heterocycles. The first kappa shape index (κ1) is 22.1. The number of benzene rings is 5. The van der Waals surface area contributed by atoms with Crippen molar-refractivity contribution in [3.05, 3.63) is 134 Å². The van der Waals surface area contributed by atoms with Crippen molar-refractivity contribution in [2.24, 2.45) is 0 Å². The van der Waals surface area contributed by atoms with Crippen molar-refractivity contribution in [2.75, 3.05) is 4.90 Å². The molecule has 3 heterocycles. The molecule has 8 aromatic rings. The zero-order valence-electron chi connectivity index (χ0n) is 20.9. The second-order valence-electron chi connectivity index (χ2n) is 9.68. The highest BCUT2D eigenvalue weighted by molar-refractivity contribution is 7.25. The van der Waals surface area contributed by atoms with Crippen LogP contribution in [0.5, 0.6) is 0 Å². The highest BCUT2D eigenvalue weighted by atomic mass is 32.1. The molecule has 0 fully saturated rings. The molecule has 184 valence electrons. The summed E-state index contributed by atoms with van der Waals surface area (Å²) in [6, 6.07) is 42.9. The topological polar surface area (TPSA) is 29.3 Å². The Balaban J connectivity index is 1.32. The minimum atomic E-state index is 0.895. The van der Waals surface area contributed by atoms with Crippen LogP contribution in [0.3, 0.4) is 0 Å². The van der Waals surface area contributed by atoms with E-state index in [2.05, 4.69) is 119 Å². The van der Waals surface area contributed by atoms with Gasteiger partial charge in [0.15, 0.2) is 0 Å². The van der Waals surface area contributed by atoms with Crippen molar-refractivity contribution in [2.45, 2.75) is 0 Å². The fourth-order valence-electron chi connectivity index (χ4n) is 5.49. The van der Waals surface area contributed by atoms with E-state index in [1.54, 1.807) is 11.3 Å². The molecule has 0 aliphatic carbocycles. The zero-order valence-corrected chi connectivity index (χ0v) is 21.7. The minimum Gasteiger partial charge on any atom is -0.456 e. The van der Waals surface area contributed by atoms with Gasteiger partial charge in [-0.3, -0.25) is 4.98 Å². The van der Waals surface area contributed by atoms with Gasteiger partial charge in [0.1, 0.15) is 11.2 Å². The Kier molecular flexibility index (Phi) is 5.00. The van der Waals surface area contributed by atoms with Gasteiger partial charge >= 0.3 is 0 Å². The van der Waals surface area contributed by atoms with E-state index in [0.717, 1.165) is 39.0 Å². The largest absolute Gasteiger partial charge is 0.456 e. The quantitative estimate of drug-likeness (QED) is 0.232. The molecule has 5 aromatic carbocycles. The third-order valence-electron chi connectivity index (χ3n) is 7.37. The summed E-state index contributed by atoms with van der Waals surface area (Å²) in [7, 11) is 0. The number of hydrogen-bond donors (Lipinski definition) is 0. The number of nitrogens with zero attached hydrogens (tertiary/aromatic N) is 2. The lowest BCUT2D eigenvalue weighted by atomic mass is 10.0. The molecule has 0 atom stereocenters. The third-order valence-corrected chi connectivity index (χ3v) is 8.47. The van der Waals surface area contributed by atoms with Crippen molar-refractivity contribution in [3.63, 3.8) is 0 Å². The second kappa shape index (κ2) is 8.83. The van der Waals surface area contributed by atoms with Gasteiger partial charge in [0, 0.05) is 55.7 Å². The molecule has 0 unspecified atom stereocenters. The van der Waals surface area contributed by atoms with Crippen LogP contribution in [0.1, 0.15) is 0 Å². The van der Waals surface area contributed by atoms with Crippen molar-refractivity contribution in [1.82, 2.24) is 4.98 Å². The second-order valence-corrected chi connectivity index (χ2v) is 10.8. The number of rotatable bonds is 4. The summed E-state index contributed by atoms with van der Waals surface area (Å²) in [5, 5.41) is 4.75. The SMILES string of the molecule is c1ccc(-c2ccc(N(c3ccc4c(c3)sc3cnccc34)c3ccc4oc5ccccc5c4c3)cc2)cc1. The van der Waals surface area contributed by atoms with Crippen LogP contribution in [0.4, 0.5) is 17.1 Å². The van der Waals surface area contributed by atoms with Crippen molar-refractivity contribution >= 4 is 70.5 Å². The Morgan fingerprint density at radius 2 is 1.21 bits per heavy atom. The van der Waals surface area contributed by atoms with Gasteiger partial charge in [-0.25, -0.2) is 0 Å². The van der Waals surface area contributed by atoms with Gasteiger partial charge in [0.05, 0.1) is 4.70 Å². The molecule has 0 saturated heterocycles. The molecule has 3 aromatic heterocycles. The third kappa shape index (κ3) is 3.69. The van der Waals surface area contributed by atoms with Crippen LogP contribution in [-0.4, -0.2) is 4.98 Å². The number of pyridine rings is 1. The number of aromatic nitrogens is 1. The summed E-state index contributed by atoms with van der Waals surface area (Å²) in [5.41, 5.74) is 7.51. The lowest BCUT2D eigenvalue weighted by molar-refractivity contribution is 0.669. The zero-order chi connectivity index (χ0) is 25.8. The fraction of sp³-hybridized carbons (Fsp3) is 0. The molecular weight excluding hydrogens is 496 g/mol. The van der Waals surface area contributed by atoms with Gasteiger partial charge in [-0.15, -0.1) is 11.3 Å². The van der Waals surface area contributed by atoms with E-state index in [4.69, 9.17) is 4.42 Å². The number of thiophene rings is 1. The average molecular weight is 519 g/mol. The smallest absolute Gasteiger partial charge is 0.135 e. The van der Waals surface area contributed by atoms with Crippen LogP contribution in [-0.2, 0) is 0 Å². The molecule has 39 heavy (non-hydrogen) atoms. The Labute approximate surface area is 229 Å². The first-order valence-electron chi connectivity index (χ1n) is 12.9. The van der Waals surface area contributed by atoms with Gasteiger partial charge in [0.2, 0.25) is 0 Å².